The van der Waals surface area contributed by atoms with Crippen LogP contribution >= 0.6 is 11.3 Å². The van der Waals surface area contributed by atoms with Crippen molar-refractivity contribution in [2.24, 2.45) is 4.99 Å². The van der Waals surface area contributed by atoms with Crippen LogP contribution in [-0.4, -0.2) is 55.5 Å². The summed E-state index contributed by atoms with van der Waals surface area (Å²) in [5.74, 6) is 0.856. The number of imide groups is 1. The van der Waals surface area contributed by atoms with Crippen LogP contribution in [0.3, 0.4) is 0 Å². The van der Waals surface area contributed by atoms with Crippen molar-refractivity contribution >= 4 is 29.2 Å². The first-order valence-electron chi connectivity index (χ1n) is 7.74. The second-order valence-corrected chi connectivity index (χ2v) is 6.09. The quantitative estimate of drug-likeness (QED) is 0.393. The lowest BCUT2D eigenvalue weighted by Crippen LogP contribution is -2.43. The summed E-state index contributed by atoms with van der Waals surface area (Å²) in [4.78, 5) is 28.7. The van der Waals surface area contributed by atoms with Crippen molar-refractivity contribution in [1.29, 1.82) is 0 Å². The zero-order valence-corrected chi connectivity index (χ0v) is 14.3. The third kappa shape index (κ3) is 4.95. The molecule has 126 valence electrons. The number of hydrogen-bond donors (Lipinski definition) is 3. The molecule has 3 N–H and O–H groups in total. The Morgan fingerprint density at radius 1 is 1.48 bits per heavy atom. The standard InChI is InChI=1S/C15H23N5O2S/c1-3-16-14(18-8-11(2)12-4-7-23-10-12)17-5-6-20-13(21)9-19-15(20)22/h4,7,10-11H,3,5-6,8-9H2,1-2H3,(H,19,22)(H2,16,17,18). The first-order chi connectivity index (χ1) is 11.1. The van der Waals surface area contributed by atoms with E-state index in [9.17, 15) is 9.59 Å². The Balaban J connectivity index is 1.82. The number of carbonyl (C=O) groups excluding carboxylic acids is 2. The number of amides is 3. The molecule has 23 heavy (non-hydrogen) atoms. The monoisotopic (exact) mass is 337 g/mol. The Hall–Kier alpha value is -2.09. The molecular formula is C15H23N5O2S. The molecule has 0 bridgehead atoms. The predicted molar refractivity (Wildman–Crippen MR) is 91.8 cm³/mol. The third-order valence-corrected chi connectivity index (χ3v) is 4.25. The highest BCUT2D eigenvalue weighted by atomic mass is 32.1. The average molecular weight is 337 g/mol. The lowest BCUT2D eigenvalue weighted by molar-refractivity contribution is -0.124. The van der Waals surface area contributed by atoms with Crippen LogP contribution in [0.1, 0.15) is 25.3 Å². The maximum Gasteiger partial charge on any atom is 0.324 e. The van der Waals surface area contributed by atoms with Crippen molar-refractivity contribution in [2.75, 3.05) is 32.7 Å². The van der Waals surface area contributed by atoms with Gasteiger partial charge in [0.15, 0.2) is 5.96 Å². The smallest absolute Gasteiger partial charge is 0.324 e. The van der Waals surface area contributed by atoms with Crippen LogP contribution in [0.5, 0.6) is 0 Å². The van der Waals surface area contributed by atoms with Crippen molar-refractivity contribution in [1.82, 2.24) is 20.9 Å². The summed E-state index contributed by atoms with van der Waals surface area (Å²) < 4.78 is 0. The molecule has 1 atom stereocenters. The van der Waals surface area contributed by atoms with Crippen LogP contribution in [0.25, 0.3) is 0 Å². The second kappa shape index (κ2) is 8.52. The van der Waals surface area contributed by atoms with Crippen molar-refractivity contribution in [3.63, 3.8) is 0 Å². The van der Waals surface area contributed by atoms with E-state index in [1.807, 2.05) is 6.92 Å². The lowest BCUT2D eigenvalue weighted by Gasteiger charge is -2.16. The Bertz CT molecular complexity index is 542. The number of carbonyl (C=O) groups is 2. The number of nitrogens with zero attached hydrogens (tertiary/aromatic N) is 2. The molecule has 8 heteroatoms. The molecular weight excluding hydrogens is 314 g/mol. The topological polar surface area (TPSA) is 85.8 Å². The van der Waals surface area contributed by atoms with E-state index in [4.69, 9.17) is 0 Å². The average Bonchev–Trinajstić information content (AvgIpc) is 3.17. The molecule has 0 aliphatic carbocycles. The van der Waals surface area contributed by atoms with Crippen molar-refractivity contribution in [3.8, 4) is 0 Å². The van der Waals surface area contributed by atoms with E-state index in [1.54, 1.807) is 11.3 Å². The summed E-state index contributed by atoms with van der Waals surface area (Å²) >= 11 is 1.69. The number of urea groups is 1. The normalized spacial score (nSPS) is 16.4. The van der Waals surface area contributed by atoms with E-state index in [2.05, 4.69) is 44.7 Å². The van der Waals surface area contributed by atoms with Gasteiger partial charge >= 0.3 is 6.03 Å². The summed E-state index contributed by atoms with van der Waals surface area (Å²) in [6.45, 7) is 6.45. The van der Waals surface area contributed by atoms with Gasteiger partial charge in [0.2, 0.25) is 5.91 Å². The van der Waals surface area contributed by atoms with Crippen LogP contribution in [-0.2, 0) is 4.79 Å². The molecule has 0 saturated carbocycles. The highest BCUT2D eigenvalue weighted by Gasteiger charge is 2.27. The van der Waals surface area contributed by atoms with Crippen molar-refractivity contribution in [2.45, 2.75) is 19.8 Å². The Morgan fingerprint density at radius 2 is 2.30 bits per heavy atom. The minimum atomic E-state index is -0.329. The zero-order valence-electron chi connectivity index (χ0n) is 13.5. The minimum absolute atomic E-state index is 0.0884. The fourth-order valence-electron chi connectivity index (χ4n) is 2.20. The van der Waals surface area contributed by atoms with E-state index in [0.29, 0.717) is 31.5 Å². The molecule has 1 aliphatic heterocycles. The SMILES string of the molecule is CCNC(=NCC(C)c1ccsc1)NCCN1C(=O)CNC1=O. The van der Waals surface area contributed by atoms with Gasteiger partial charge in [-0.15, -0.1) is 0 Å². The summed E-state index contributed by atoms with van der Waals surface area (Å²) in [6, 6.07) is 1.79. The molecule has 2 rings (SSSR count). The zero-order chi connectivity index (χ0) is 16.7. The van der Waals surface area contributed by atoms with Gasteiger partial charge in [-0.25, -0.2) is 4.79 Å². The van der Waals surface area contributed by atoms with Gasteiger partial charge in [0.05, 0.1) is 6.54 Å². The van der Waals surface area contributed by atoms with Crippen LogP contribution in [0, 0.1) is 0 Å². The van der Waals surface area contributed by atoms with Gasteiger partial charge in [0.1, 0.15) is 0 Å². The number of aliphatic imine (C=N–C) groups is 1. The molecule has 1 saturated heterocycles. The molecule has 1 aromatic rings. The van der Waals surface area contributed by atoms with Gasteiger partial charge in [0, 0.05) is 32.1 Å². The Labute approximate surface area is 140 Å². The largest absolute Gasteiger partial charge is 0.357 e. The third-order valence-electron chi connectivity index (χ3n) is 3.54. The maximum atomic E-state index is 11.5. The van der Waals surface area contributed by atoms with Crippen molar-refractivity contribution < 1.29 is 9.59 Å². The lowest BCUT2D eigenvalue weighted by atomic mass is 10.1. The van der Waals surface area contributed by atoms with E-state index >= 15 is 0 Å². The molecule has 0 spiro atoms. The second-order valence-electron chi connectivity index (χ2n) is 5.31. The summed E-state index contributed by atoms with van der Waals surface area (Å²) in [6.07, 6.45) is 0. The molecule has 3 amide bonds. The van der Waals surface area contributed by atoms with Crippen LogP contribution in [0.2, 0.25) is 0 Å². The molecule has 0 radical (unpaired) electrons. The number of nitrogens with one attached hydrogen (secondary N) is 3. The number of hydrogen-bond acceptors (Lipinski definition) is 4. The summed E-state index contributed by atoms with van der Waals surface area (Å²) in [5.41, 5.74) is 1.29. The highest BCUT2D eigenvalue weighted by Crippen LogP contribution is 2.18. The number of guanidine groups is 1. The molecule has 1 unspecified atom stereocenters. The van der Waals surface area contributed by atoms with Gasteiger partial charge in [-0.2, -0.15) is 11.3 Å². The van der Waals surface area contributed by atoms with Crippen LogP contribution < -0.4 is 16.0 Å². The molecule has 0 aromatic carbocycles. The molecule has 2 heterocycles. The van der Waals surface area contributed by atoms with Crippen LogP contribution in [0.4, 0.5) is 4.79 Å². The fraction of sp³-hybridized carbons (Fsp3) is 0.533. The first kappa shape index (κ1) is 17.3. The predicted octanol–water partition coefficient (Wildman–Crippen LogP) is 0.959. The van der Waals surface area contributed by atoms with E-state index < -0.39 is 0 Å². The maximum absolute atomic E-state index is 11.5. The summed E-state index contributed by atoms with van der Waals surface area (Å²) in [5, 5.41) is 13.0. The van der Waals surface area contributed by atoms with Gasteiger partial charge < -0.3 is 16.0 Å². The van der Waals surface area contributed by atoms with E-state index in [1.165, 1.54) is 10.5 Å². The Morgan fingerprint density at radius 3 is 2.91 bits per heavy atom. The van der Waals surface area contributed by atoms with E-state index in [0.717, 1.165) is 6.54 Å². The van der Waals surface area contributed by atoms with E-state index in [-0.39, 0.29) is 18.5 Å². The summed E-state index contributed by atoms with van der Waals surface area (Å²) in [7, 11) is 0. The molecule has 7 nitrogen and oxygen atoms in total. The minimum Gasteiger partial charge on any atom is -0.357 e. The van der Waals surface area contributed by atoms with Crippen molar-refractivity contribution in [3.05, 3.63) is 22.4 Å². The Kier molecular flexibility index (Phi) is 6.40. The number of rotatable bonds is 7. The highest BCUT2D eigenvalue weighted by molar-refractivity contribution is 7.07. The van der Waals surface area contributed by atoms with Gasteiger partial charge in [-0.1, -0.05) is 6.92 Å². The molecule has 1 aromatic heterocycles. The first-order valence-corrected chi connectivity index (χ1v) is 8.68. The van der Waals surface area contributed by atoms with Crippen LogP contribution in [0.15, 0.2) is 21.8 Å². The van der Waals surface area contributed by atoms with Gasteiger partial charge in [0.25, 0.3) is 0 Å². The van der Waals surface area contributed by atoms with Gasteiger partial charge in [-0.3, -0.25) is 14.7 Å². The van der Waals surface area contributed by atoms with Gasteiger partial charge in [-0.05, 0) is 29.3 Å². The fourth-order valence-corrected chi connectivity index (χ4v) is 2.98. The number of thiophene rings is 1. The molecule has 1 aliphatic rings. The molecule has 1 fully saturated rings.